The van der Waals surface area contributed by atoms with E-state index < -0.39 is 0 Å². The fraction of sp³-hybridized carbons (Fsp3) is 0.0625. The third kappa shape index (κ3) is 1.32. The van der Waals surface area contributed by atoms with Gasteiger partial charge in [0, 0.05) is 10.9 Å². The lowest BCUT2D eigenvalue weighted by Crippen LogP contribution is -2.19. The molecule has 0 bridgehead atoms. The number of aromatic nitrogens is 1. The molecule has 2 aromatic carbocycles. The highest BCUT2D eigenvalue weighted by molar-refractivity contribution is 5.87. The number of halogens is 1. The molecule has 1 aromatic heterocycles. The number of fused-ring (bicyclic) bond motifs is 4. The van der Waals surface area contributed by atoms with E-state index >= 15 is 0 Å². The number of pyridine rings is 1. The fourth-order valence-corrected chi connectivity index (χ4v) is 2.80. The van der Waals surface area contributed by atoms with E-state index in [1.54, 1.807) is 22.8 Å². The Hall–Kier alpha value is -2.42. The van der Waals surface area contributed by atoms with E-state index in [4.69, 9.17) is 0 Å². The molecule has 92 valence electrons. The minimum atomic E-state index is -0.345. The molecular formula is C16H10FNO. The van der Waals surface area contributed by atoms with E-state index in [0.717, 1.165) is 16.8 Å². The molecule has 0 spiro atoms. The average molecular weight is 251 g/mol. The maximum atomic E-state index is 13.9. The van der Waals surface area contributed by atoms with E-state index in [1.807, 2.05) is 24.3 Å². The van der Waals surface area contributed by atoms with Crippen LogP contribution < -0.4 is 5.56 Å². The van der Waals surface area contributed by atoms with Gasteiger partial charge >= 0.3 is 0 Å². The van der Waals surface area contributed by atoms with Crippen molar-refractivity contribution in [3.63, 3.8) is 0 Å². The lowest BCUT2D eigenvalue weighted by Gasteiger charge is -2.06. The minimum absolute atomic E-state index is 0.122. The number of benzene rings is 2. The predicted molar refractivity (Wildman–Crippen MR) is 72.7 cm³/mol. The van der Waals surface area contributed by atoms with Crippen LogP contribution in [0.4, 0.5) is 4.39 Å². The molecule has 2 heterocycles. The largest absolute Gasteiger partial charge is 0.303 e. The van der Waals surface area contributed by atoms with Crippen molar-refractivity contribution in [1.82, 2.24) is 4.57 Å². The molecule has 2 nitrogen and oxygen atoms in total. The summed E-state index contributed by atoms with van der Waals surface area (Å²) < 4.78 is 15.6. The summed E-state index contributed by atoms with van der Waals surface area (Å²) in [4.78, 5) is 12.4. The SMILES string of the molecule is O=c1c2cccc(F)c2cc2n1Cc1ccccc1-2. The lowest BCUT2D eigenvalue weighted by atomic mass is 10.1. The summed E-state index contributed by atoms with van der Waals surface area (Å²) >= 11 is 0. The normalized spacial score (nSPS) is 12.5. The van der Waals surface area contributed by atoms with Gasteiger partial charge in [0.05, 0.1) is 17.6 Å². The van der Waals surface area contributed by atoms with E-state index in [1.165, 1.54) is 6.07 Å². The zero-order valence-corrected chi connectivity index (χ0v) is 10.1. The zero-order valence-electron chi connectivity index (χ0n) is 10.1. The van der Waals surface area contributed by atoms with E-state index in [0.29, 0.717) is 17.3 Å². The Morgan fingerprint density at radius 3 is 2.74 bits per heavy atom. The predicted octanol–water partition coefficient (Wildman–Crippen LogP) is 3.17. The number of hydrogen-bond acceptors (Lipinski definition) is 1. The summed E-state index contributed by atoms with van der Waals surface area (Å²) in [5, 5.41) is 0.840. The maximum Gasteiger partial charge on any atom is 0.259 e. The summed E-state index contributed by atoms with van der Waals surface area (Å²) in [6, 6.07) is 14.3. The van der Waals surface area contributed by atoms with Crippen molar-refractivity contribution in [2.75, 3.05) is 0 Å². The third-order valence-corrected chi connectivity index (χ3v) is 3.72. The standard InChI is InChI=1S/C16H10FNO/c17-14-7-3-6-12-13(14)8-15-11-5-2-1-4-10(11)9-18(15)16(12)19/h1-8H,9H2. The van der Waals surface area contributed by atoms with Crippen LogP contribution in [0.5, 0.6) is 0 Å². The molecule has 3 aromatic rings. The van der Waals surface area contributed by atoms with Gasteiger partial charge in [-0.15, -0.1) is 0 Å². The van der Waals surface area contributed by atoms with Crippen LogP contribution in [-0.4, -0.2) is 4.57 Å². The molecule has 0 N–H and O–H groups in total. The van der Waals surface area contributed by atoms with E-state index in [9.17, 15) is 9.18 Å². The second-order valence-corrected chi connectivity index (χ2v) is 4.78. The first kappa shape index (κ1) is 10.5. The molecule has 4 rings (SSSR count). The Labute approximate surface area is 108 Å². The second-order valence-electron chi connectivity index (χ2n) is 4.78. The molecule has 0 saturated heterocycles. The van der Waals surface area contributed by atoms with Crippen molar-refractivity contribution >= 4 is 10.8 Å². The molecule has 1 aliphatic heterocycles. The van der Waals surface area contributed by atoms with Crippen molar-refractivity contribution in [3.05, 3.63) is 70.3 Å². The maximum absolute atomic E-state index is 13.9. The average Bonchev–Trinajstić information content (AvgIpc) is 2.80. The number of hydrogen-bond donors (Lipinski definition) is 0. The Bertz CT molecular complexity index is 880. The lowest BCUT2D eigenvalue weighted by molar-refractivity contribution is 0.639. The molecule has 0 unspecified atom stereocenters. The van der Waals surface area contributed by atoms with Crippen molar-refractivity contribution in [2.45, 2.75) is 6.54 Å². The third-order valence-electron chi connectivity index (χ3n) is 3.72. The van der Waals surface area contributed by atoms with Gasteiger partial charge in [0.2, 0.25) is 0 Å². The highest BCUT2D eigenvalue weighted by atomic mass is 19.1. The van der Waals surface area contributed by atoms with Crippen LogP contribution >= 0.6 is 0 Å². The first-order valence-electron chi connectivity index (χ1n) is 6.16. The molecule has 0 fully saturated rings. The fourth-order valence-electron chi connectivity index (χ4n) is 2.80. The van der Waals surface area contributed by atoms with Crippen LogP contribution in [0.15, 0.2) is 53.3 Å². The highest BCUT2D eigenvalue weighted by Crippen LogP contribution is 2.32. The monoisotopic (exact) mass is 251 g/mol. The molecule has 0 amide bonds. The van der Waals surface area contributed by atoms with Gasteiger partial charge in [0.25, 0.3) is 5.56 Å². The summed E-state index contributed by atoms with van der Waals surface area (Å²) in [5.74, 6) is -0.345. The Morgan fingerprint density at radius 2 is 1.84 bits per heavy atom. The van der Waals surface area contributed by atoms with E-state index in [-0.39, 0.29) is 11.4 Å². The van der Waals surface area contributed by atoms with Crippen LogP contribution in [-0.2, 0) is 6.54 Å². The molecule has 0 aliphatic carbocycles. The van der Waals surface area contributed by atoms with Crippen LogP contribution in [0, 0.1) is 5.82 Å². The van der Waals surface area contributed by atoms with Gasteiger partial charge in [-0.25, -0.2) is 4.39 Å². The molecule has 0 atom stereocenters. The first-order chi connectivity index (χ1) is 9.25. The van der Waals surface area contributed by atoms with Crippen molar-refractivity contribution in [2.24, 2.45) is 0 Å². The Kier molecular flexibility index (Phi) is 1.96. The summed E-state index contributed by atoms with van der Waals surface area (Å²) in [5.41, 5.74) is 2.81. The summed E-state index contributed by atoms with van der Waals surface area (Å²) in [7, 11) is 0. The molecular weight excluding hydrogens is 241 g/mol. The van der Waals surface area contributed by atoms with Gasteiger partial charge in [0.1, 0.15) is 5.82 Å². The molecule has 1 aliphatic rings. The smallest absolute Gasteiger partial charge is 0.259 e. The molecule has 19 heavy (non-hydrogen) atoms. The van der Waals surface area contributed by atoms with Gasteiger partial charge in [-0.1, -0.05) is 30.3 Å². The van der Waals surface area contributed by atoms with Gasteiger partial charge < -0.3 is 4.57 Å². The topological polar surface area (TPSA) is 22.0 Å². The molecule has 3 heteroatoms. The number of nitrogens with zero attached hydrogens (tertiary/aromatic N) is 1. The number of rotatable bonds is 0. The summed E-state index contributed by atoms with van der Waals surface area (Å²) in [6.45, 7) is 0.566. The van der Waals surface area contributed by atoms with Crippen molar-refractivity contribution < 1.29 is 4.39 Å². The van der Waals surface area contributed by atoms with Crippen molar-refractivity contribution in [3.8, 4) is 11.3 Å². The Balaban J connectivity index is 2.18. The minimum Gasteiger partial charge on any atom is -0.303 e. The Morgan fingerprint density at radius 1 is 1.00 bits per heavy atom. The molecule has 0 saturated carbocycles. The van der Waals surface area contributed by atoms with Gasteiger partial charge in [0.15, 0.2) is 0 Å². The zero-order chi connectivity index (χ0) is 13.0. The van der Waals surface area contributed by atoms with Crippen LogP contribution in [0.1, 0.15) is 5.56 Å². The van der Waals surface area contributed by atoms with Crippen molar-refractivity contribution in [1.29, 1.82) is 0 Å². The van der Waals surface area contributed by atoms with Crippen LogP contribution in [0.2, 0.25) is 0 Å². The second kappa shape index (κ2) is 3.54. The first-order valence-corrected chi connectivity index (χ1v) is 6.16. The quantitative estimate of drug-likeness (QED) is 0.470. The molecule has 0 radical (unpaired) electrons. The van der Waals surface area contributed by atoms with Gasteiger partial charge in [-0.3, -0.25) is 4.79 Å². The van der Waals surface area contributed by atoms with Crippen LogP contribution in [0.25, 0.3) is 22.0 Å². The van der Waals surface area contributed by atoms with Crippen LogP contribution in [0.3, 0.4) is 0 Å². The van der Waals surface area contributed by atoms with Gasteiger partial charge in [-0.05, 0) is 23.8 Å². The van der Waals surface area contributed by atoms with Gasteiger partial charge in [-0.2, -0.15) is 0 Å². The van der Waals surface area contributed by atoms with E-state index in [2.05, 4.69) is 0 Å². The highest BCUT2D eigenvalue weighted by Gasteiger charge is 2.20. The summed E-state index contributed by atoms with van der Waals surface area (Å²) in [6.07, 6.45) is 0.